The number of likely N-dealkylation sites (tertiary alicyclic amines) is 1. The summed E-state index contributed by atoms with van der Waals surface area (Å²) in [6.45, 7) is 8.72. The first-order chi connectivity index (χ1) is 11.2. The summed E-state index contributed by atoms with van der Waals surface area (Å²) in [5, 5.41) is 3.69. The Kier molecular flexibility index (Phi) is 7.56. The van der Waals surface area contributed by atoms with Gasteiger partial charge in [0.15, 0.2) is 0 Å². The monoisotopic (exact) mass is 318 g/mol. The summed E-state index contributed by atoms with van der Waals surface area (Å²) in [6.07, 6.45) is 2.61. The molecular formula is C19H30N2O2. The van der Waals surface area contributed by atoms with Crippen LogP contribution in [0.2, 0.25) is 0 Å². The Balaban J connectivity index is 1.81. The van der Waals surface area contributed by atoms with Crippen LogP contribution in [0.15, 0.2) is 30.3 Å². The largest absolute Gasteiger partial charge is 0.466 e. The summed E-state index contributed by atoms with van der Waals surface area (Å²) < 4.78 is 5.05. The van der Waals surface area contributed by atoms with Gasteiger partial charge < -0.3 is 15.0 Å². The van der Waals surface area contributed by atoms with E-state index in [0.29, 0.717) is 25.0 Å². The molecule has 1 fully saturated rings. The molecule has 128 valence electrons. The van der Waals surface area contributed by atoms with E-state index in [2.05, 4.69) is 41.4 Å². The number of carbonyl (C=O) groups excluding carboxylic acids is 1. The van der Waals surface area contributed by atoms with E-state index in [9.17, 15) is 4.79 Å². The average molecular weight is 318 g/mol. The van der Waals surface area contributed by atoms with E-state index in [4.69, 9.17) is 4.74 Å². The smallest absolute Gasteiger partial charge is 0.305 e. The van der Waals surface area contributed by atoms with Crippen molar-refractivity contribution in [2.45, 2.75) is 45.7 Å². The molecule has 0 bridgehead atoms. The number of hydrogen-bond acceptors (Lipinski definition) is 4. The number of esters is 1. The van der Waals surface area contributed by atoms with Gasteiger partial charge in [-0.2, -0.15) is 0 Å². The third-order valence-corrected chi connectivity index (χ3v) is 4.56. The number of nitrogens with one attached hydrogen (secondary N) is 1. The van der Waals surface area contributed by atoms with Gasteiger partial charge in [-0.15, -0.1) is 0 Å². The first kappa shape index (κ1) is 18.0. The van der Waals surface area contributed by atoms with Crippen molar-refractivity contribution in [2.24, 2.45) is 5.92 Å². The van der Waals surface area contributed by atoms with Crippen molar-refractivity contribution in [1.82, 2.24) is 10.2 Å². The molecule has 2 atom stereocenters. The van der Waals surface area contributed by atoms with Gasteiger partial charge in [-0.3, -0.25) is 4.79 Å². The Morgan fingerprint density at radius 2 is 2.04 bits per heavy atom. The third-order valence-electron chi connectivity index (χ3n) is 4.56. The van der Waals surface area contributed by atoms with Gasteiger partial charge in [0.2, 0.25) is 0 Å². The molecule has 2 unspecified atom stereocenters. The average Bonchev–Trinajstić information content (AvgIpc) is 2.59. The zero-order valence-corrected chi connectivity index (χ0v) is 14.5. The lowest BCUT2D eigenvalue weighted by atomic mass is 9.90. The number of ether oxygens (including phenoxy) is 1. The predicted molar refractivity (Wildman–Crippen MR) is 93.2 cm³/mol. The van der Waals surface area contributed by atoms with Gasteiger partial charge in [-0.25, -0.2) is 0 Å². The fraction of sp³-hybridized carbons (Fsp3) is 0.632. The molecule has 1 aromatic carbocycles. The molecule has 0 amide bonds. The van der Waals surface area contributed by atoms with Crippen LogP contribution in [0.25, 0.3) is 0 Å². The van der Waals surface area contributed by atoms with Crippen LogP contribution in [-0.2, 0) is 16.1 Å². The van der Waals surface area contributed by atoms with Crippen LogP contribution >= 0.6 is 0 Å². The predicted octanol–water partition coefficient (Wildman–Crippen LogP) is 2.83. The molecule has 23 heavy (non-hydrogen) atoms. The maximum Gasteiger partial charge on any atom is 0.305 e. The van der Waals surface area contributed by atoms with Gasteiger partial charge in [-0.05, 0) is 37.8 Å². The van der Waals surface area contributed by atoms with Crippen LogP contribution in [0.1, 0.15) is 38.7 Å². The van der Waals surface area contributed by atoms with Gasteiger partial charge in [0, 0.05) is 32.1 Å². The molecule has 0 saturated carbocycles. The van der Waals surface area contributed by atoms with E-state index < -0.39 is 0 Å². The molecule has 0 aliphatic carbocycles. The normalized spacial score (nSPS) is 22.0. The highest BCUT2D eigenvalue weighted by Gasteiger charge is 2.26. The molecule has 1 heterocycles. The highest BCUT2D eigenvalue weighted by atomic mass is 16.5. The quantitative estimate of drug-likeness (QED) is 0.748. The first-order valence-corrected chi connectivity index (χ1v) is 8.86. The molecular weight excluding hydrogens is 288 g/mol. The zero-order chi connectivity index (χ0) is 16.5. The molecule has 1 saturated heterocycles. The molecule has 2 rings (SSSR count). The third kappa shape index (κ3) is 6.32. The van der Waals surface area contributed by atoms with E-state index in [0.717, 1.165) is 39.0 Å². The Morgan fingerprint density at radius 1 is 1.26 bits per heavy atom. The van der Waals surface area contributed by atoms with Crippen LogP contribution < -0.4 is 5.32 Å². The summed E-state index contributed by atoms with van der Waals surface area (Å²) in [4.78, 5) is 14.1. The minimum absolute atomic E-state index is 0.0603. The van der Waals surface area contributed by atoms with Crippen LogP contribution in [-0.4, -0.2) is 43.2 Å². The van der Waals surface area contributed by atoms with Gasteiger partial charge in [0.1, 0.15) is 0 Å². The van der Waals surface area contributed by atoms with Gasteiger partial charge in [0.25, 0.3) is 0 Å². The Labute approximate surface area is 140 Å². The lowest BCUT2D eigenvalue weighted by Gasteiger charge is -2.37. The summed E-state index contributed by atoms with van der Waals surface area (Å²) in [6, 6.07) is 11.0. The number of benzene rings is 1. The van der Waals surface area contributed by atoms with E-state index >= 15 is 0 Å². The summed E-state index contributed by atoms with van der Waals surface area (Å²) in [5.74, 6) is 0.510. The van der Waals surface area contributed by atoms with Crippen LogP contribution in [0.3, 0.4) is 0 Å². The summed E-state index contributed by atoms with van der Waals surface area (Å²) >= 11 is 0. The second-order valence-corrected chi connectivity index (χ2v) is 6.36. The van der Waals surface area contributed by atoms with Crippen molar-refractivity contribution in [3.05, 3.63) is 35.9 Å². The van der Waals surface area contributed by atoms with Gasteiger partial charge in [-0.1, -0.05) is 37.3 Å². The van der Waals surface area contributed by atoms with Crippen molar-refractivity contribution in [2.75, 3.05) is 26.2 Å². The standard InChI is InChI=1S/C19H30N2O2/c1-3-21-14-17(10-11-19(22)23-4-2)12-18(15-21)20-13-16-8-6-5-7-9-16/h5-9,17-18,20H,3-4,10-15H2,1-2H3. The van der Waals surface area contributed by atoms with Crippen molar-refractivity contribution in [3.63, 3.8) is 0 Å². The first-order valence-electron chi connectivity index (χ1n) is 8.86. The molecule has 0 aromatic heterocycles. The number of rotatable bonds is 8. The lowest BCUT2D eigenvalue weighted by molar-refractivity contribution is -0.143. The van der Waals surface area contributed by atoms with Crippen molar-refractivity contribution >= 4 is 5.97 Å². The zero-order valence-electron chi connectivity index (χ0n) is 14.5. The number of nitrogens with zero attached hydrogens (tertiary/aromatic N) is 1. The van der Waals surface area contributed by atoms with Gasteiger partial charge >= 0.3 is 5.97 Å². The SMILES string of the molecule is CCOC(=O)CCC1CC(NCc2ccccc2)CN(CC)C1. The van der Waals surface area contributed by atoms with E-state index in [1.807, 2.05) is 13.0 Å². The molecule has 1 aliphatic heterocycles. The van der Waals surface area contributed by atoms with Gasteiger partial charge in [0.05, 0.1) is 6.61 Å². The van der Waals surface area contributed by atoms with E-state index in [-0.39, 0.29) is 5.97 Å². The number of carbonyl (C=O) groups is 1. The maximum absolute atomic E-state index is 11.6. The lowest BCUT2D eigenvalue weighted by Crippen LogP contribution is -2.49. The Morgan fingerprint density at radius 3 is 2.74 bits per heavy atom. The highest BCUT2D eigenvalue weighted by molar-refractivity contribution is 5.69. The molecule has 1 aliphatic rings. The summed E-state index contributed by atoms with van der Waals surface area (Å²) in [7, 11) is 0. The molecule has 0 spiro atoms. The second kappa shape index (κ2) is 9.68. The molecule has 1 aromatic rings. The Bertz CT molecular complexity index is 464. The van der Waals surface area contributed by atoms with Crippen LogP contribution in [0.5, 0.6) is 0 Å². The minimum atomic E-state index is -0.0603. The van der Waals surface area contributed by atoms with Crippen molar-refractivity contribution < 1.29 is 9.53 Å². The van der Waals surface area contributed by atoms with Crippen LogP contribution in [0.4, 0.5) is 0 Å². The number of likely N-dealkylation sites (N-methyl/N-ethyl adjacent to an activating group) is 1. The molecule has 1 N–H and O–H groups in total. The Hall–Kier alpha value is -1.39. The number of piperidine rings is 1. The van der Waals surface area contributed by atoms with Crippen molar-refractivity contribution in [1.29, 1.82) is 0 Å². The number of hydrogen-bond donors (Lipinski definition) is 1. The molecule has 0 radical (unpaired) electrons. The molecule has 4 heteroatoms. The van der Waals surface area contributed by atoms with E-state index in [1.54, 1.807) is 0 Å². The van der Waals surface area contributed by atoms with Crippen LogP contribution in [0, 0.1) is 5.92 Å². The summed E-state index contributed by atoms with van der Waals surface area (Å²) in [5.41, 5.74) is 1.32. The maximum atomic E-state index is 11.6. The fourth-order valence-corrected chi connectivity index (χ4v) is 3.33. The van der Waals surface area contributed by atoms with E-state index in [1.165, 1.54) is 5.56 Å². The highest BCUT2D eigenvalue weighted by Crippen LogP contribution is 2.22. The topological polar surface area (TPSA) is 41.6 Å². The fourth-order valence-electron chi connectivity index (χ4n) is 3.33. The second-order valence-electron chi connectivity index (χ2n) is 6.36. The molecule has 4 nitrogen and oxygen atoms in total. The van der Waals surface area contributed by atoms with Crippen molar-refractivity contribution in [3.8, 4) is 0 Å². The minimum Gasteiger partial charge on any atom is -0.466 e.